The first-order chi connectivity index (χ1) is 9.09. The smallest absolute Gasteiger partial charge is 0.220 e. The Labute approximate surface area is 118 Å². The molecule has 2 aromatic carbocycles. The first kappa shape index (κ1) is 14.0. The van der Waals surface area contributed by atoms with Crippen molar-refractivity contribution in [2.75, 3.05) is 0 Å². The zero-order chi connectivity index (χ0) is 13.8. The van der Waals surface area contributed by atoms with Gasteiger partial charge >= 0.3 is 0 Å². The van der Waals surface area contributed by atoms with Crippen LogP contribution in [0.5, 0.6) is 0 Å². The molecule has 0 aliphatic heterocycles. The largest absolute Gasteiger partial charge is 0.318 e. The van der Waals surface area contributed by atoms with Crippen molar-refractivity contribution in [1.29, 1.82) is 0 Å². The van der Waals surface area contributed by atoms with Crippen LogP contribution in [-0.2, 0) is 10.7 Å². The van der Waals surface area contributed by atoms with Gasteiger partial charge in [0.1, 0.15) is 7.80 Å². The van der Waals surface area contributed by atoms with Gasteiger partial charge in [-0.1, -0.05) is 54.1 Å². The summed E-state index contributed by atoms with van der Waals surface area (Å²) in [6.45, 7) is 1.80. The molecule has 0 N–H and O–H groups in total. The fraction of sp³-hybridized carbons (Fsp3) is 0.133. The first-order valence-corrected chi connectivity index (χ1v) is 7.95. The monoisotopic (exact) mass is 292 g/mol. The molecule has 0 bridgehead atoms. The second-order valence-electron chi connectivity index (χ2n) is 4.35. The van der Waals surface area contributed by atoms with Crippen LogP contribution in [-0.4, -0.2) is 5.52 Å². The highest BCUT2D eigenvalue weighted by Crippen LogP contribution is 2.35. The van der Waals surface area contributed by atoms with Crippen LogP contribution in [0.4, 0.5) is 0 Å². The predicted octanol–water partition coefficient (Wildman–Crippen LogP) is 4.55. The van der Waals surface area contributed by atoms with E-state index in [2.05, 4.69) is 0 Å². The van der Waals surface area contributed by atoms with Gasteiger partial charge in [-0.3, -0.25) is 4.79 Å². The van der Waals surface area contributed by atoms with E-state index in [1.54, 1.807) is 25.1 Å². The molecule has 0 fully saturated rings. The van der Waals surface area contributed by atoms with Crippen molar-refractivity contribution < 1.29 is 9.36 Å². The van der Waals surface area contributed by atoms with E-state index in [-0.39, 0.29) is 11.7 Å². The van der Waals surface area contributed by atoms with Crippen LogP contribution in [0.25, 0.3) is 0 Å². The highest BCUT2D eigenvalue weighted by molar-refractivity contribution is 7.63. The minimum absolute atomic E-state index is 0.287. The first-order valence-electron chi connectivity index (χ1n) is 5.96. The fourth-order valence-electron chi connectivity index (χ4n) is 1.92. The lowest BCUT2D eigenvalue weighted by Gasteiger charge is -2.07. The summed E-state index contributed by atoms with van der Waals surface area (Å²) < 4.78 is 12.2. The van der Waals surface area contributed by atoms with Gasteiger partial charge in [-0.15, -0.1) is 0 Å². The third-order valence-corrected chi connectivity index (χ3v) is 4.71. The summed E-state index contributed by atoms with van der Waals surface area (Å²) in [5, 5.41) is 0.372. The van der Waals surface area contributed by atoms with Gasteiger partial charge in [0.2, 0.25) is 5.52 Å². The number of hydrogen-bond donors (Lipinski definition) is 0. The van der Waals surface area contributed by atoms with Crippen molar-refractivity contribution in [2.24, 2.45) is 0 Å². The zero-order valence-corrected chi connectivity index (χ0v) is 12.3. The minimum atomic E-state index is -2.39. The molecule has 0 aliphatic rings. The summed E-state index contributed by atoms with van der Waals surface area (Å²) in [7, 11) is -2.39. The van der Waals surface area contributed by atoms with E-state index in [0.717, 1.165) is 11.1 Å². The summed E-state index contributed by atoms with van der Waals surface area (Å²) in [5.41, 5.74) is 1.73. The number of benzene rings is 2. The number of rotatable bonds is 4. The maximum atomic E-state index is 12.2. The standard InChI is InChI=1S/C15H14ClO2P/c1-11-6-5-9-13(16)14(11)15(17)19(18)10-12-7-3-2-4-8-12/h2-9,19H,10H2,1H3. The van der Waals surface area contributed by atoms with E-state index >= 15 is 0 Å². The maximum absolute atomic E-state index is 12.2. The van der Waals surface area contributed by atoms with Crippen molar-refractivity contribution >= 4 is 24.9 Å². The number of halogens is 1. The average Bonchev–Trinajstić information content (AvgIpc) is 2.39. The van der Waals surface area contributed by atoms with Crippen LogP contribution in [0.15, 0.2) is 48.5 Å². The molecule has 4 heteroatoms. The fourth-order valence-corrected chi connectivity index (χ4v) is 3.69. The Kier molecular flexibility index (Phi) is 4.57. The minimum Gasteiger partial charge on any atom is -0.318 e. The number of aryl methyl sites for hydroxylation is 1. The van der Waals surface area contributed by atoms with E-state index < -0.39 is 7.80 Å². The highest BCUT2D eigenvalue weighted by atomic mass is 35.5. The lowest BCUT2D eigenvalue weighted by atomic mass is 10.1. The summed E-state index contributed by atoms with van der Waals surface area (Å²) in [5.74, 6) is 0. The third-order valence-electron chi connectivity index (χ3n) is 2.91. The van der Waals surface area contributed by atoms with Crippen molar-refractivity contribution in [3.05, 3.63) is 70.2 Å². The molecule has 0 radical (unpaired) electrons. The predicted molar refractivity (Wildman–Crippen MR) is 79.7 cm³/mol. The quantitative estimate of drug-likeness (QED) is 0.775. The Balaban J connectivity index is 2.23. The van der Waals surface area contributed by atoms with Crippen molar-refractivity contribution in [1.82, 2.24) is 0 Å². The normalized spacial score (nSPS) is 12.1. The number of carbonyl (C=O) groups is 1. The van der Waals surface area contributed by atoms with E-state index in [0.29, 0.717) is 10.6 Å². The SMILES string of the molecule is Cc1cccc(Cl)c1C(=O)[PH](=O)Cc1ccccc1. The Hall–Kier alpha value is -1.37. The topological polar surface area (TPSA) is 34.1 Å². The zero-order valence-electron chi connectivity index (χ0n) is 10.5. The molecular formula is C15H14ClO2P. The molecule has 19 heavy (non-hydrogen) atoms. The van der Waals surface area contributed by atoms with Crippen LogP contribution in [0.2, 0.25) is 5.02 Å². The summed E-state index contributed by atoms with van der Waals surface area (Å²) >= 11 is 6.03. The number of carbonyl (C=O) groups excluding carboxylic acids is 1. The molecule has 2 aromatic rings. The van der Waals surface area contributed by atoms with Gasteiger partial charge in [-0.25, -0.2) is 0 Å². The molecule has 0 aromatic heterocycles. The lowest BCUT2D eigenvalue weighted by Crippen LogP contribution is -1.99. The van der Waals surface area contributed by atoms with Crippen LogP contribution in [0.3, 0.4) is 0 Å². The van der Waals surface area contributed by atoms with E-state index in [1.165, 1.54) is 0 Å². The Bertz CT molecular complexity index is 603. The van der Waals surface area contributed by atoms with Crippen LogP contribution >= 0.6 is 19.4 Å². The van der Waals surface area contributed by atoms with Crippen molar-refractivity contribution in [3.8, 4) is 0 Å². The van der Waals surface area contributed by atoms with Crippen LogP contribution in [0, 0.1) is 6.92 Å². The molecule has 98 valence electrons. The Morgan fingerprint density at radius 3 is 2.42 bits per heavy atom. The summed E-state index contributed by atoms with van der Waals surface area (Å²) in [6, 6.07) is 14.6. The van der Waals surface area contributed by atoms with Crippen molar-refractivity contribution in [3.63, 3.8) is 0 Å². The van der Waals surface area contributed by atoms with Crippen LogP contribution in [0.1, 0.15) is 21.5 Å². The Morgan fingerprint density at radius 1 is 1.11 bits per heavy atom. The molecule has 0 heterocycles. The highest BCUT2D eigenvalue weighted by Gasteiger charge is 2.19. The molecule has 1 atom stereocenters. The molecular weight excluding hydrogens is 279 g/mol. The van der Waals surface area contributed by atoms with Crippen LogP contribution < -0.4 is 0 Å². The van der Waals surface area contributed by atoms with Gasteiger partial charge in [-0.05, 0) is 24.1 Å². The van der Waals surface area contributed by atoms with E-state index in [4.69, 9.17) is 11.6 Å². The maximum Gasteiger partial charge on any atom is 0.220 e. The molecule has 0 aliphatic carbocycles. The molecule has 2 nitrogen and oxygen atoms in total. The van der Waals surface area contributed by atoms with Crippen molar-refractivity contribution in [2.45, 2.75) is 13.1 Å². The van der Waals surface area contributed by atoms with Gasteiger partial charge in [0, 0.05) is 11.7 Å². The van der Waals surface area contributed by atoms with E-state index in [9.17, 15) is 9.36 Å². The summed E-state index contributed by atoms with van der Waals surface area (Å²) in [6.07, 6.45) is 0.287. The Morgan fingerprint density at radius 2 is 1.79 bits per heavy atom. The average molecular weight is 293 g/mol. The van der Waals surface area contributed by atoms with Gasteiger partial charge in [0.25, 0.3) is 0 Å². The molecule has 2 rings (SSSR count). The molecule has 0 saturated carbocycles. The lowest BCUT2D eigenvalue weighted by molar-refractivity contribution is 0.107. The number of hydrogen-bond acceptors (Lipinski definition) is 2. The second kappa shape index (κ2) is 6.18. The van der Waals surface area contributed by atoms with Gasteiger partial charge in [0.05, 0.1) is 5.02 Å². The van der Waals surface area contributed by atoms with Gasteiger partial charge in [0.15, 0.2) is 0 Å². The summed E-state index contributed by atoms with van der Waals surface area (Å²) in [4.78, 5) is 12.2. The molecule has 1 unspecified atom stereocenters. The second-order valence-corrected chi connectivity index (χ2v) is 6.41. The molecule has 0 saturated heterocycles. The van der Waals surface area contributed by atoms with Gasteiger partial charge < -0.3 is 4.57 Å². The third kappa shape index (κ3) is 3.34. The molecule has 0 spiro atoms. The van der Waals surface area contributed by atoms with E-state index in [1.807, 2.05) is 30.3 Å². The van der Waals surface area contributed by atoms with Gasteiger partial charge in [-0.2, -0.15) is 0 Å². The molecule has 0 amide bonds.